The molecule has 0 saturated carbocycles. The van der Waals surface area contributed by atoms with Crippen molar-refractivity contribution >= 4 is 0 Å². The van der Waals surface area contributed by atoms with Gasteiger partial charge in [-0.05, 0) is 12.1 Å². The molecule has 0 radical (unpaired) electrons. The Morgan fingerprint density at radius 2 is 2.10 bits per heavy atom. The van der Waals surface area contributed by atoms with Crippen LogP contribution in [0.25, 0.3) is 0 Å². The Balaban J connectivity index is 1.92. The van der Waals surface area contributed by atoms with Crippen molar-refractivity contribution in [3.05, 3.63) is 54.1 Å². The second-order valence-corrected chi connectivity index (χ2v) is 5.20. The smallest absolute Gasteiger partial charge is 0.159 e. The van der Waals surface area contributed by atoms with Gasteiger partial charge >= 0.3 is 0 Å². The SMILES string of the molecule is NC1(c2ccccn2)CNCC1C(O)c1ncc(F)cn1. The minimum absolute atomic E-state index is 0.163. The molecule has 3 unspecified atom stereocenters. The van der Waals surface area contributed by atoms with Gasteiger partial charge in [0.25, 0.3) is 0 Å². The third-order valence-corrected chi connectivity index (χ3v) is 3.87. The van der Waals surface area contributed by atoms with Gasteiger partial charge in [-0.2, -0.15) is 0 Å². The summed E-state index contributed by atoms with van der Waals surface area (Å²) in [5.41, 5.74) is 6.35. The number of rotatable bonds is 3. The van der Waals surface area contributed by atoms with Crippen LogP contribution in [0, 0.1) is 11.7 Å². The Bertz CT molecular complexity index is 609. The lowest BCUT2D eigenvalue weighted by atomic mass is 9.80. The Labute approximate surface area is 121 Å². The number of aliphatic hydroxyl groups excluding tert-OH is 1. The van der Waals surface area contributed by atoms with Gasteiger partial charge in [-0.15, -0.1) is 0 Å². The molecule has 3 heterocycles. The summed E-state index contributed by atoms with van der Waals surface area (Å²) >= 11 is 0. The number of aliphatic hydroxyl groups is 1. The summed E-state index contributed by atoms with van der Waals surface area (Å²) in [5, 5.41) is 13.7. The van der Waals surface area contributed by atoms with E-state index in [9.17, 15) is 9.50 Å². The fraction of sp³-hybridized carbons (Fsp3) is 0.357. The molecule has 4 N–H and O–H groups in total. The van der Waals surface area contributed by atoms with Crippen LogP contribution < -0.4 is 11.1 Å². The van der Waals surface area contributed by atoms with Crippen molar-refractivity contribution < 1.29 is 9.50 Å². The number of nitrogens with zero attached hydrogens (tertiary/aromatic N) is 3. The quantitative estimate of drug-likeness (QED) is 0.742. The van der Waals surface area contributed by atoms with Crippen LogP contribution in [0.5, 0.6) is 0 Å². The number of halogens is 1. The summed E-state index contributed by atoms with van der Waals surface area (Å²) in [6.07, 6.45) is 2.74. The molecule has 0 spiro atoms. The summed E-state index contributed by atoms with van der Waals surface area (Å²) in [7, 11) is 0. The third-order valence-electron chi connectivity index (χ3n) is 3.87. The molecule has 110 valence electrons. The number of hydrogen-bond acceptors (Lipinski definition) is 6. The van der Waals surface area contributed by atoms with E-state index in [0.717, 1.165) is 12.4 Å². The van der Waals surface area contributed by atoms with Gasteiger partial charge < -0.3 is 16.2 Å². The Morgan fingerprint density at radius 3 is 2.76 bits per heavy atom. The molecule has 2 aromatic rings. The Kier molecular flexibility index (Phi) is 3.62. The van der Waals surface area contributed by atoms with Crippen molar-refractivity contribution in [2.75, 3.05) is 13.1 Å². The van der Waals surface area contributed by atoms with E-state index in [0.29, 0.717) is 18.8 Å². The van der Waals surface area contributed by atoms with Gasteiger partial charge in [-0.1, -0.05) is 6.07 Å². The topological polar surface area (TPSA) is 97.0 Å². The predicted molar refractivity (Wildman–Crippen MR) is 73.4 cm³/mol. The zero-order valence-electron chi connectivity index (χ0n) is 11.3. The first-order valence-electron chi connectivity index (χ1n) is 6.68. The van der Waals surface area contributed by atoms with E-state index in [1.807, 2.05) is 18.2 Å². The molecule has 6 nitrogen and oxygen atoms in total. The first kappa shape index (κ1) is 14.0. The van der Waals surface area contributed by atoms with Crippen molar-refractivity contribution in [1.29, 1.82) is 0 Å². The van der Waals surface area contributed by atoms with Crippen molar-refractivity contribution in [3.63, 3.8) is 0 Å². The fourth-order valence-electron chi connectivity index (χ4n) is 2.71. The molecule has 1 fully saturated rings. The molecular formula is C14H16FN5O. The van der Waals surface area contributed by atoms with E-state index in [1.165, 1.54) is 0 Å². The molecular weight excluding hydrogens is 273 g/mol. The van der Waals surface area contributed by atoms with Crippen molar-refractivity contribution in [2.45, 2.75) is 11.6 Å². The molecule has 3 rings (SSSR count). The van der Waals surface area contributed by atoms with E-state index in [4.69, 9.17) is 5.73 Å². The highest BCUT2D eigenvalue weighted by Gasteiger charge is 2.46. The molecule has 3 atom stereocenters. The fourth-order valence-corrected chi connectivity index (χ4v) is 2.71. The van der Waals surface area contributed by atoms with Gasteiger partial charge in [0.05, 0.1) is 23.6 Å². The van der Waals surface area contributed by atoms with Crippen LogP contribution in [0.1, 0.15) is 17.6 Å². The van der Waals surface area contributed by atoms with Gasteiger partial charge in [0.2, 0.25) is 0 Å². The summed E-state index contributed by atoms with van der Waals surface area (Å²) in [6, 6.07) is 5.50. The second kappa shape index (κ2) is 5.44. The molecule has 1 aliphatic heterocycles. The van der Waals surface area contributed by atoms with Gasteiger partial charge in [-0.25, -0.2) is 14.4 Å². The summed E-state index contributed by atoms with van der Waals surface area (Å²) in [4.78, 5) is 12.0. The molecule has 1 aliphatic rings. The van der Waals surface area contributed by atoms with E-state index in [-0.39, 0.29) is 11.7 Å². The zero-order valence-corrected chi connectivity index (χ0v) is 11.3. The van der Waals surface area contributed by atoms with Gasteiger partial charge in [0, 0.05) is 25.2 Å². The molecule has 0 aromatic carbocycles. The van der Waals surface area contributed by atoms with E-state index < -0.39 is 17.5 Å². The lowest BCUT2D eigenvalue weighted by Gasteiger charge is -2.32. The maximum absolute atomic E-state index is 12.9. The van der Waals surface area contributed by atoms with E-state index in [2.05, 4.69) is 20.3 Å². The number of pyridine rings is 1. The summed E-state index contributed by atoms with van der Waals surface area (Å²) < 4.78 is 12.9. The van der Waals surface area contributed by atoms with Crippen LogP contribution >= 0.6 is 0 Å². The average Bonchev–Trinajstić information content (AvgIpc) is 2.91. The van der Waals surface area contributed by atoms with Gasteiger partial charge in [0.15, 0.2) is 11.6 Å². The molecule has 0 bridgehead atoms. The Hall–Kier alpha value is -1.96. The van der Waals surface area contributed by atoms with Crippen molar-refractivity contribution in [3.8, 4) is 0 Å². The Morgan fingerprint density at radius 1 is 1.33 bits per heavy atom. The lowest BCUT2D eigenvalue weighted by Crippen LogP contribution is -2.47. The molecule has 2 aromatic heterocycles. The summed E-state index contributed by atoms with van der Waals surface area (Å²) in [6.45, 7) is 1.00. The second-order valence-electron chi connectivity index (χ2n) is 5.20. The maximum atomic E-state index is 12.9. The molecule has 1 saturated heterocycles. The predicted octanol–water partition coefficient (Wildman–Crippen LogP) is 0.118. The lowest BCUT2D eigenvalue weighted by molar-refractivity contribution is 0.0726. The number of aromatic nitrogens is 3. The van der Waals surface area contributed by atoms with Crippen LogP contribution in [0.4, 0.5) is 4.39 Å². The van der Waals surface area contributed by atoms with Crippen LogP contribution in [0.3, 0.4) is 0 Å². The largest absolute Gasteiger partial charge is 0.385 e. The van der Waals surface area contributed by atoms with Crippen LogP contribution in [0.15, 0.2) is 36.8 Å². The van der Waals surface area contributed by atoms with Crippen LogP contribution in [-0.4, -0.2) is 33.1 Å². The zero-order chi connectivity index (χ0) is 14.9. The van der Waals surface area contributed by atoms with E-state index >= 15 is 0 Å². The first-order chi connectivity index (χ1) is 10.1. The number of nitrogens with two attached hydrogens (primary N) is 1. The number of hydrogen-bond donors (Lipinski definition) is 3. The highest BCUT2D eigenvalue weighted by atomic mass is 19.1. The molecule has 0 aliphatic carbocycles. The highest BCUT2D eigenvalue weighted by Crippen LogP contribution is 2.36. The van der Waals surface area contributed by atoms with Crippen molar-refractivity contribution in [2.24, 2.45) is 11.7 Å². The third kappa shape index (κ3) is 2.51. The highest BCUT2D eigenvalue weighted by molar-refractivity contribution is 5.22. The normalized spacial score (nSPS) is 26.7. The summed E-state index contributed by atoms with van der Waals surface area (Å²) in [5.74, 6) is -0.729. The minimum Gasteiger partial charge on any atom is -0.385 e. The number of nitrogens with one attached hydrogen (secondary N) is 1. The maximum Gasteiger partial charge on any atom is 0.159 e. The van der Waals surface area contributed by atoms with E-state index in [1.54, 1.807) is 6.20 Å². The van der Waals surface area contributed by atoms with Gasteiger partial charge in [0.1, 0.15) is 6.10 Å². The first-order valence-corrected chi connectivity index (χ1v) is 6.68. The van der Waals surface area contributed by atoms with Gasteiger partial charge in [-0.3, -0.25) is 4.98 Å². The molecule has 7 heteroatoms. The van der Waals surface area contributed by atoms with Crippen molar-refractivity contribution in [1.82, 2.24) is 20.3 Å². The average molecular weight is 289 g/mol. The van der Waals surface area contributed by atoms with Crippen LogP contribution in [0.2, 0.25) is 0 Å². The molecule has 21 heavy (non-hydrogen) atoms. The molecule has 0 amide bonds. The van der Waals surface area contributed by atoms with Crippen LogP contribution in [-0.2, 0) is 5.54 Å². The monoisotopic (exact) mass is 289 g/mol. The standard InChI is InChI=1S/C14H16FN5O/c15-9-5-19-13(20-6-9)12(21)10-7-17-8-14(10,16)11-3-1-2-4-18-11/h1-6,10,12,17,21H,7-8,16H2. The minimum atomic E-state index is -0.993.